The highest BCUT2D eigenvalue weighted by Crippen LogP contribution is 2.27. The van der Waals surface area contributed by atoms with Crippen molar-refractivity contribution < 1.29 is 9.72 Å². The monoisotopic (exact) mass is 291 g/mol. The number of halogens is 1. The molecule has 0 spiro atoms. The first kappa shape index (κ1) is 13.8. The number of carbonyl (C=O) groups excluding carboxylic acids is 1. The first-order valence-electron chi connectivity index (χ1n) is 5.58. The van der Waals surface area contributed by atoms with Crippen LogP contribution in [0.4, 0.5) is 17.1 Å². The van der Waals surface area contributed by atoms with Crippen LogP contribution in [0.2, 0.25) is 5.02 Å². The quantitative estimate of drug-likeness (QED) is 0.516. The van der Waals surface area contributed by atoms with Crippen molar-refractivity contribution in [2.45, 2.75) is 0 Å². The van der Waals surface area contributed by atoms with Gasteiger partial charge in [0.1, 0.15) is 0 Å². The van der Waals surface area contributed by atoms with Crippen molar-refractivity contribution in [3.63, 3.8) is 0 Å². The summed E-state index contributed by atoms with van der Waals surface area (Å²) in [7, 11) is 0. The summed E-state index contributed by atoms with van der Waals surface area (Å²) in [6, 6.07) is 10.3. The summed E-state index contributed by atoms with van der Waals surface area (Å²) in [6.07, 6.45) is 0. The first-order chi connectivity index (χ1) is 9.47. The van der Waals surface area contributed by atoms with Crippen LogP contribution in [-0.4, -0.2) is 10.8 Å². The van der Waals surface area contributed by atoms with Crippen LogP contribution in [0, 0.1) is 10.1 Å². The Morgan fingerprint density at radius 2 is 2.00 bits per heavy atom. The van der Waals surface area contributed by atoms with Crippen molar-refractivity contribution in [1.29, 1.82) is 0 Å². The summed E-state index contributed by atoms with van der Waals surface area (Å²) in [5.41, 5.74) is 6.59. The number of nitrogens with zero attached hydrogens (tertiary/aromatic N) is 1. The number of nitro benzene ring substituents is 1. The van der Waals surface area contributed by atoms with Crippen molar-refractivity contribution in [2.75, 3.05) is 11.1 Å². The fraction of sp³-hybridized carbons (Fsp3) is 0. The number of nitrogen functional groups attached to an aromatic ring is 1. The lowest BCUT2D eigenvalue weighted by molar-refractivity contribution is -0.384. The smallest absolute Gasteiger partial charge is 0.271 e. The summed E-state index contributed by atoms with van der Waals surface area (Å²) >= 11 is 5.89. The minimum atomic E-state index is -0.560. The standard InChI is InChI=1S/C13H10ClN3O3/c14-11-7-10(17(19)20)4-5-12(11)16-13(18)8-2-1-3-9(15)6-8/h1-7H,15H2,(H,16,18). The predicted octanol–water partition coefficient (Wildman–Crippen LogP) is 3.08. The van der Waals surface area contributed by atoms with Crippen LogP contribution < -0.4 is 11.1 Å². The zero-order valence-electron chi connectivity index (χ0n) is 10.2. The van der Waals surface area contributed by atoms with Gasteiger partial charge in [-0.3, -0.25) is 14.9 Å². The highest BCUT2D eigenvalue weighted by molar-refractivity contribution is 6.34. The zero-order valence-corrected chi connectivity index (χ0v) is 10.9. The molecule has 0 saturated carbocycles. The van der Waals surface area contributed by atoms with E-state index in [0.29, 0.717) is 16.9 Å². The van der Waals surface area contributed by atoms with E-state index in [1.807, 2.05) is 0 Å². The van der Waals surface area contributed by atoms with Crippen LogP contribution in [-0.2, 0) is 0 Å². The Morgan fingerprint density at radius 1 is 1.25 bits per heavy atom. The van der Waals surface area contributed by atoms with Crippen molar-refractivity contribution in [3.8, 4) is 0 Å². The molecule has 0 aliphatic heterocycles. The first-order valence-corrected chi connectivity index (χ1v) is 5.96. The second-order valence-corrected chi connectivity index (χ2v) is 4.41. The molecular weight excluding hydrogens is 282 g/mol. The normalized spacial score (nSPS) is 10.1. The minimum absolute atomic E-state index is 0.0939. The molecule has 2 aromatic carbocycles. The van der Waals surface area contributed by atoms with Gasteiger partial charge in [-0.2, -0.15) is 0 Å². The van der Waals surface area contributed by atoms with Gasteiger partial charge in [-0.25, -0.2) is 0 Å². The maximum Gasteiger partial charge on any atom is 0.271 e. The molecule has 102 valence electrons. The van der Waals surface area contributed by atoms with Gasteiger partial charge in [0.05, 0.1) is 15.6 Å². The van der Waals surface area contributed by atoms with E-state index in [2.05, 4.69) is 5.32 Å². The number of amides is 1. The molecule has 0 radical (unpaired) electrons. The van der Waals surface area contributed by atoms with E-state index in [4.69, 9.17) is 17.3 Å². The fourth-order valence-corrected chi connectivity index (χ4v) is 1.82. The van der Waals surface area contributed by atoms with Gasteiger partial charge < -0.3 is 11.1 Å². The molecule has 1 amide bonds. The van der Waals surface area contributed by atoms with Crippen molar-refractivity contribution >= 4 is 34.6 Å². The Balaban J connectivity index is 2.22. The number of hydrogen-bond donors (Lipinski definition) is 2. The topological polar surface area (TPSA) is 98.3 Å². The minimum Gasteiger partial charge on any atom is -0.399 e. The van der Waals surface area contributed by atoms with Crippen molar-refractivity contribution in [2.24, 2.45) is 0 Å². The van der Waals surface area contributed by atoms with E-state index in [1.165, 1.54) is 24.3 Å². The zero-order chi connectivity index (χ0) is 14.7. The summed E-state index contributed by atoms with van der Waals surface area (Å²) in [4.78, 5) is 22.0. The van der Waals surface area contributed by atoms with Crippen LogP contribution in [0.3, 0.4) is 0 Å². The lowest BCUT2D eigenvalue weighted by Crippen LogP contribution is -2.12. The molecular formula is C13H10ClN3O3. The van der Waals surface area contributed by atoms with Gasteiger partial charge in [0, 0.05) is 23.4 Å². The van der Waals surface area contributed by atoms with Crippen LogP contribution in [0.25, 0.3) is 0 Å². The lowest BCUT2D eigenvalue weighted by atomic mass is 10.2. The maximum absolute atomic E-state index is 12.0. The van der Waals surface area contributed by atoms with E-state index in [1.54, 1.807) is 18.2 Å². The third kappa shape index (κ3) is 3.04. The Hall–Kier alpha value is -2.60. The van der Waals surface area contributed by atoms with E-state index in [9.17, 15) is 14.9 Å². The number of benzene rings is 2. The molecule has 0 heterocycles. The molecule has 0 bridgehead atoms. The Morgan fingerprint density at radius 3 is 2.60 bits per heavy atom. The third-order valence-electron chi connectivity index (χ3n) is 2.56. The molecule has 7 heteroatoms. The van der Waals surface area contributed by atoms with Crippen molar-refractivity contribution in [3.05, 3.63) is 63.2 Å². The van der Waals surface area contributed by atoms with Gasteiger partial charge in [-0.15, -0.1) is 0 Å². The molecule has 0 aromatic heterocycles. The Labute approximate surface area is 119 Å². The molecule has 2 rings (SSSR count). The van der Waals surface area contributed by atoms with E-state index < -0.39 is 10.8 Å². The third-order valence-corrected chi connectivity index (χ3v) is 2.87. The molecule has 0 fully saturated rings. The van der Waals surface area contributed by atoms with Crippen LogP contribution in [0.15, 0.2) is 42.5 Å². The highest BCUT2D eigenvalue weighted by Gasteiger charge is 2.12. The van der Waals surface area contributed by atoms with Crippen LogP contribution in [0.5, 0.6) is 0 Å². The summed E-state index contributed by atoms with van der Waals surface area (Å²) in [5, 5.41) is 13.3. The number of rotatable bonds is 3. The van der Waals surface area contributed by atoms with Gasteiger partial charge in [-0.1, -0.05) is 17.7 Å². The molecule has 6 nitrogen and oxygen atoms in total. The van der Waals surface area contributed by atoms with E-state index in [-0.39, 0.29) is 10.7 Å². The SMILES string of the molecule is Nc1cccc(C(=O)Nc2ccc([N+](=O)[O-])cc2Cl)c1. The van der Waals surface area contributed by atoms with Gasteiger partial charge in [0.25, 0.3) is 11.6 Å². The van der Waals surface area contributed by atoms with Gasteiger partial charge in [0.2, 0.25) is 0 Å². The average Bonchev–Trinajstić information content (AvgIpc) is 2.40. The second-order valence-electron chi connectivity index (χ2n) is 4.00. The number of hydrogen-bond acceptors (Lipinski definition) is 4. The maximum atomic E-state index is 12.0. The second kappa shape index (κ2) is 5.58. The number of non-ortho nitro benzene ring substituents is 1. The predicted molar refractivity (Wildman–Crippen MR) is 76.9 cm³/mol. The summed E-state index contributed by atoms with van der Waals surface area (Å²) in [5.74, 6) is -0.395. The molecule has 0 aliphatic carbocycles. The van der Waals surface area contributed by atoms with Crippen LogP contribution >= 0.6 is 11.6 Å². The Kier molecular flexibility index (Phi) is 3.86. The largest absolute Gasteiger partial charge is 0.399 e. The number of anilines is 2. The average molecular weight is 292 g/mol. The Bertz CT molecular complexity index is 688. The van der Waals surface area contributed by atoms with Crippen LogP contribution in [0.1, 0.15) is 10.4 Å². The van der Waals surface area contributed by atoms with E-state index in [0.717, 1.165) is 0 Å². The van der Waals surface area contributed by atoms with Gasteiger partial charge >= 0.3 is 0 Å². The highest BCUT2D eigenvalue weighted by atomic mass is 35.5. The molecule has 0 aliphatic rings. The van der Waals surface area contributed by atoms with Gasteiger partial charge in [-0.05, 0) is 24.3 Å². The molecule has 20 heavy (non-hydrogen) atoms. The summed E-state index contributed by atoms with van der Waals surface area (Å²) < 4.78 is 0. The van der Waals surface area contributed by atoms with Crippen molar-refractivity contribution in [1.82, 2.24) is 0 Å². The molecule has 0 saturated heterocycles. The number of carbonyl (C=O) groups is 1. The number of nitrogens with one attached hydrogen (secondary N) is 1. The van der Waals surface area contributed by atoms with Gasteiger partial charge in [0.15, 0.2) is 0 Å². The molecule has 0 unspecified atom stereocenters. The molecule has 3 N–H and O–H groups in total. The number of nitrogens with two attached hydrogens (primary N) is 1. The lowest BCUT2D eigenvalue weighted by Gasteiger charge is -2.07. The molecule has 2 aromatic rings. The molecule has 0 atom stereocenters. The number of nitro groups is 1. The fourth-order valence-electron chi connectivity index (χ4n) is 1.59. The summed E-state index contributed by atoms with van der Waals surface area (Å²) in [6.45, 7) is 0. The van der Waals surface area contributed by atoms with E-state index >= 15 is 0 Å².